The van der Waals surface area contributed by atoms with Gasteiger partial charge in [-0.2, -0.15) is 9.40 Å². The molecule has 0 N–H and O–H groups in total. The summed E-state index contributed by atoms with van der Waals surface area (Å²) in [5.41, 5.74) is 2.54. The summed E-state index contributed by atoms with van der Waals surface area (Å²) in [6, 6.07) is 12.7. The molecule has 8 nitrogen and oxygen atoms in total. The monoisotopic (exact) mass is 449 g/mol. The molecule has 0 atom stereocenters. The fraction of sp³-hybridized carbons (Fsp3) is 0.261. The second-order valence-electron chi connectivity index (χ2n) is 7.24. The average Bonchev–Trinajstić information content (AvgIpc) is 3.37. The van der Waals surface area contributed by atoms with E-state index in [9.17, 15) is 13.2 Å². The number of nitrogens with zero attached hydrogens (tertiary/aromatic N) is 5. The van der Waals surface area contributed by atoms with Crippen LogP contribution in [0, 0.1) is 11.8 Å². The number of carbonyl (C=O) groups is 1. The van der Waals surface area contributed by atoms with Crippen molar-refractivity contribution in [1.82, 2.24) is 24.0 Å². The highest BCUT2D eigenvalue weighted by Gasteiger charge is 2.28. The van der Waals surface area contributed by atoms with Crippen molar-refractivity contribution in [1.29, 1.82) is 0 Å². The van der Waals surface area contributed by atoms with Crippen LogP contribution < -0.4 is 0 Å². The van der Waals surface area contributed by atoms with E-state index < -0.39 is 10.0 Å². The highest BCUT2D eigenvalue weighted by atomic mass is 32.2. The number of benzene rings is 1. The first-order valence-electron chi connectivity index (χ1n) is 10.3. The molecule has 1 saturated heterocycles. The second kappa shape index (κ2) is 9.34. The van der Waals surface area contributed by atoms with Crippen LogP contribution in [0.4, 0.5) is 0 Å². The minimum Gasteiger partial charge on any atom is -0.336 e. The molecule has 1 aromatic carbocycles. The van der Waals surface area contributed by atoms with Gasteiger partial charge in [0, 0.05) is 50.3 Å². The number of amides is 1. The van der Waals surface area contributed by atoms with Crippen molar-refractivity contribution >= 4 is 15.9 Å². The van der Waals surface area contributed by atoms with Gasteiger partial charge in [-0.05, 0) is 49.2 Å². The number of rotatable bonds is 4. The quantitative estimate of drug-likeness (QED) is 0.567. The second-order valence-corrected chi connectivity index (χ2v) is 9.50. The fourth-order valence-corrected chi connectivity index (χ4v) is 4.57. The molecule has 2 aromatic heterocycles. The zero-order chi connectivity index (χ0) is 22.6. The first-order chi connectivity index (χ1) is 15.5. The van der Waals surface area contributed by atoms with Crippen LogP contribution in [-0.2, 0) is 10.0 Å². The predicted molar refractivity (Wildman–Crippen MR) is 121 cm³/mol. The molecular weight excluding hydrogens is 426 g/mol. The van der Waals surface area contributed by atoms with Gasteiger partial charge in [0.1, 0.15) is 5.69 Å². The van der Waals surface area contributed by atoms with Gasteiger partial charge in [0.25, 0.3) is 5.91 Å². The molecule has 3 aromatic rings. The lowest BCUT2D eigenvalue weighted by Gasteiger charge is -2.33. The summed E-state index contributed by atoms with van der Waals surface area (Å²) in [7, 11) is -3.24. The van der Waals surface area contributed by atoms with Gasteiger partial charge in [-0.15, -0.1) is 0 Å². The smallest absolute Gasteiger partial charge is 0.253 e. The minimum atomic E-state index is -3.24. The molecule has 0 aliphatic carbocycles. The Kier molecular flexibility index (Phi) is 6.35. The van der Waals surface area contributed by atoms with Gasteiger partial charge in [0.2, 0.25) is 10.0 Å². The number of carbonyl (C=O) groups excluding carboxylic acids is 1. The third-order valence-corrected chi connectivity index (χ3v) is 7.15. The number of pyridine rings is 1. The largest absolute Gasteiger partial charge is 0.336 e. The van der Waals surface area contributed by atoms with Crippen LogP contribution in [0.15, 0.2) is 61.1 Å². The van der Waals surface area contributed by atoms with Gasteiger partial charge in [-0.25, -0.2) is 18.1 Å². The van der Waals surface area contributed by atoms with Crippen molar-refractivity contribution in [3.8, 4) is 17.5 Å². The summed E-state index contributed by atoms with van der Waals surface area (Å²) in [4.78, 5) is 19.0. The highest BCUT2D eigenvalue weighted by Crippen LogP contribution is 2.18. The first-order valence-corrected chi connectivity index (χ1v) is 11.9. The Labute approximate surface area is 187 Å². The van der Waals surface area contributed by atoms with Gasteiger partial charge in [0.05, 0.1) is 17.0 Å². The summed E-state index contributed by atoms with van der Waals surface area (Å²) in [5.74, 6) is 6.07. The van der Waals surface area contributed by atoms with E-state index in [1.807, 2.05) is 36.5 Å². The summed E-state index contributed by atoms with van der Waals surface area (Å²) in [5, 5.41) is 4.28. The molecule has 32 heavy (non-hydrogen) atoms. The van der Waals surface area contributed by atoms with E-state index in [2.05, 4.69) is 21.9 Å². The SMILES string of the molecule is CCS(=O)(=O)N1CCN(C(=O)c2ccc(-n3cccn3)c(C#Cc3ccccn3)c2)CC1. The van der Waals surface area contributed by atoms with Crippen LogP contribution in [0.1, 0.15) is 28.5 Å². The predicted octanol–water partition coefficient (Wildman–Crippen LogP) is 1.77. The van der Waals surface area contributed by atoms with Gasteiger partial charge >= 0.3 is 0 Å². The minimum absolute atomic E-state index is 0.0636. The van der Waals surface area contributed by atoms with Crippen molar-refractivity contribution in [2.75, 3.05) is 31.9 Å². The van der Waals surface area contributed by atoms with Crippen LogP contribution in [0.3, 0.4) is 0 Å². The zero-order valence-corrected chi connectivity index (χ0v) is 18.5. The zero-order valence-electron chi connectivity index (χ0n) is 17.7. The van der Waals surface area contributed by atoms with Gasteiger partial charge in [-0.3, -0.25) is 4.79 Å². The Morgan fingerprint density at radius 3 is 2.50 bits per heavy atom. The van der Waals surface area contributed by atoms with Crippen molar-refractivity contribution in [3.05, 3.63) is 77.9 Å². The molecule has 0 unspecified atom stereocenters. The third kappa shape index (κ3) is 4.72. The Hall–Kier alpha value is -3.48. The molecule has 3 heterocycles. The van der Waals surface area contributed by atoms with Crippen molar-refractivity contribution < 1.29 is 13.2 Å². The van der Waals surface area contributed by atoms with Crippen LogP contribution in [-0.4, -0.2) is 70.2 Å². The van der Waals surface area contributed by atoms with Crippen molar-refractivity contribution in [3.63, 3.8) is 0 Å². The number of hydrogen-bond donors (Lipinski definition) is 0. The maximum absolute atomic E-state index is 13.1. The molecule has 1 aliphatic rings. The Morgan fingerprint density at radius 2 is 1.84 bits per heavy atom. The molecule has 0 bridgehead atoms. The highest BCUT2D eigenvalue weighted by molar-refractivity contribution is 7.89. The van der Waals surface area contributed by atoms with Crippen LogP contribution >= 0.6 is 0 Å². The maximum atomic E-state index is 13.1. The number of aromatic nitrogens is 3. The molecule has 1 fully saturated rings. The Morgan fingerprint density at radius 1 is 1.03 bits per heavy atom. The van der Waals surface area contributed by atoms with Crippen LogP contribution in [0.25, 0.3) is 5.69 Å². The van der Waals surface area contributed by atoms with Crippen molar-refractivity contribution in [2.45, 2.75) is 6.92 Å². The Bertz CT molecular complexity index is 1250. The molecule has 0 radical (unpaired) electrons. The lowest BCUT2D eigenvalue weighted by molar-refractivity contribution is 0.0698. The average molecular weight is 450 g/mol. The molecule has 0 spiro atoms. The maximum Gasteiger partial charge on any atom is 0.253 e. The van der Waals surface area contributed by atoms with Gasteiger partial charge in [-0.1, -0.05) is 12.0 Å². The molecule has 1 aliphatic heterocycles. The summed E-state index contributed by atoms with van der Waals surface area (Å²) in [6.07, 6.45) is 5.17. The summed E-state index contributed by atoms with van der Waals surface area (Å²) in [6.45, 7) is 2.95. The van der Waals surface area contributed by atoms with Gasteiger partial charge < -0.3 is 4.90 Å². The topological polar surface area (TPSA) is 88.4 Å². The number of hydrogen-bond acceptors (Lipinski definition) is 5. The fourth-order valence-electron chi connectivity index (χ4n) is 3.48. The van der Waals surface area contributed by atoms with E-state index in [4.69, 9.17) is 0 Å². The normalized spacial score (nSPS) is 14.6. The van der Waals surface area contributed by atoms with Crippen molar-refractivity contribution in [2.24, 2.45) is 0 Å². The standard InChI is InChI=1S/C23H23N5O3S/c1-2-32(30,31)27-16-14-26(15-17-27)23(29)20-8-10-22(28-13-5-12-25-28)19(18-20)7-9-21-6-3-4-11-24-21/h3-6,8,10-13,18H,2,14-17H2,1H3. The number of piperazine rings is 1. The third-order valence-electron chi connectivity index (χ3n) is 5.27. The van der Waals surface area contributed by atoms with E-state index in [-0.39, 0.29) is 11.7 Å². The summed E-state index contributed by atoms with van der Waals surface area (Å²) >= 11 is 0. The lowest BCUT2D eigenvalue weighted by Crippen LogP contribution is -2.50. The van der Waals surface area contributed by atoms with E-state index in [1.54, 1.807) is 41.0 Å². The van der Waals surface area contributed by atoms with Crippen LogP contribution in [0.5, 0.6) is 0 Å². The molecule has 164 valence electrons. The Balaban J connectivity index is 1.60. The summed E-state index contributed by atoms with van der Waals surface area (Å²) < 4.78 is 27.3. The first kappa shape index (κ1) is 21.7. The van der Waals surface area contributed by atoms with Crippen LogP contribution in [0.2, 0.25) is 0 Å². The van der Waals surface area contributed by atoms with E-state index in [0.29, 0.717) is 43.0 Å². The van der Waals surface area contributed by atoms with E-state index in [1.165, 1.54) is 4.31 Å². The van der Waals surface area contributed by atoms with Gasteiger partial charge in [0.15, 0.2) is 0 Å². The molecule has 4 rings (SSSR count). The van der Waals surface area contributed by atoms with E-state index >= 15 is 0 Å². The van der Waals surface area contributed by atoms with E-state index in [0.717, 1.165) is 5.69 Å². The molecular formula is C23H23N5O3S. The molecule has 9 heteroatoms. The molecule has 0 saturated carbocycles. The molecule has 1 amide bonds. The lowest BCUT2D eigenvalue weighted by atomic mass is 10.1. The number of sulfonamides is 1.